The van der Waals surface area contributed by atoms with Crippen LogP contribution in [0.15, 0.2) is 42.5 Å². The highest BCUT2D eigenvalue weighted by molar-refractivity contribution is 6.00. The van der Waals surface area contributed by atoms with Gasteiger partial charge in [0.25, 0.3) is 11.6 Å². The van der Waals surface area contributed by atoms with Crippen LogP contribution >= 0.6 is 0 Å². The van der Waals surface area contributed by atoms with Crippen molar-refractivity contribution < 1.29 is 14.1 Å². The number of non-ortho nitro benzene ring substituents is 1. The Morgan fingerprint density at radius 3 is 2.59 bits per heavy atom. The highest BCUT2D eigenvalue weighted by Gasteiger charge is 2.24. The van der Waals surface area contributed by atoms with Gasteiger partial charge < -0.3 is 15.1 Å². The lowest BCUT2D eigenvalue weighted by Gasteiger charge is -2.26. The molecule has 0 saturated carbocycles. The third kappa shape index (κ3) is 4.89. The second kappa shape index (κ2) is 9.00. The Morgan fingerprint density at radius 2 is 1.97 bits per heavy atom. The molecule has 3 rings (SSSR count). The molecule has 0 spiro atoms. The summed E-state index contributed by atoms with van der Waals surface area (Å²) in [4.78, 5) is 27.6. The van der Waals surface area contributed by atoms with Crippen molar-refractivity contribution in [2.75, 3.05) is 38.6 Å². The molecule has 2 aromatic rings. The lowest BCUT2D eigenvalue weighted by atomic mass is 10.1. The first kappa shape index (κ1) is 20.7. The summed E-state index contributed by atoms with van der Waals surface area (Å²) < 4.78 is 13.6. The molecule has 0 aromatic heterocycles. The first-order valence-corrected chi connectivity index (χ1v) is 9.60. The molecule has 1 fully saturated rings. The average molecular weight is 400 g/mol. The maximum absolute atomic E-state index is 13.6. The van der Waals surface area contributed by atoms with Gasteiger partial charge >= 0.3 is 0 Å². The Bertz CT molecular complexity index is 897. The van der Waals surface area contributed by atoms with Gasteiger partial charge in [0.15, 0.2) is 0 Å². The van der Waals surface area contributed by atoms with E-state index >= 15 is 0 Å². The van der Waals surface area contributed by atoms with E-state index in [9.17, 15) is 19.3 Å². The van der Waals surface area contributed by atoms with Crippen LogP contribution in [0, 0.1) is 15.9 Å². The van der Waals surface area contributed by atoms with Crippen LogP contribution in [0.5, 0.6) is 0 Å². The summed E-state index contributed by atoms with van der Waals surface area (Å²) in [5, 5.41) is 14.1. The molecule has 0 aliphatic carbocycles. The number of halogens is 1. The monoisotopic (exact) mass is 400 g/mol. The average Bonchev–Trinajstić information content (AvgIpc) is 3.22. The highest BCUT2D eigenvalue weighted by atomic mass is 19.1. The van der Waals surface area contributed by atoms with Crippen molar-refractivity contribution in [1.29, 1.82) is 0 Å². The molecule has 1 amide bonds. The number of nitrogens with one attached hydrogen (secondary N) is 1. The maximum Gasteiger partial charge on any atom is 0.270 e. The predicted molar refractivity (Wildman–Crippen MR) is 110 cm³/mol. The van der Waals surface area contributed by atoms with Crippen LogP contribution in [0.4, 0.5) is 15.8 Å². The Kier molecular flexibility index (Phi) is 6.43. The molecular formula is C21H25FN4O3. The fourth-order valence-electron chi connectivity index (χ4n) is 3.65. The van der Waals surface area contributed by atoms with Crippen molar-refractivity contribution in [1.82, 2.24) is 10.2 Å². The number of benzene rings is 2. The molecule has 1 heterocycles. The zero-order valence-electron chi connectivity index (χ0n) is 16.6. The van der Waals surface area contributed by atoms with E-state index in [-0.39, 0.29) is 35.6 Å². The van der Waals surface area contributed by atoms with E-state index in [1.54, 1.807) is 12.1 Å². The van der Waals surface area contributed by atoms with Crippen molar-refractivity contribution in [3.63, 3.8) is 0 Å². The number of nitrogens with zero attached hydrogens (tertiary/aromatic N) is 3. The smallest absolute Gasteiger partial charge is 0.270 e. The lowest BCUT2D eigenvalue weighted by Crippen LogP contribution is -2.35. The van der Waals surface area contributed by atoms with Gasteiger partial charge in [0.1, 0.15) is 5.82 Å². The van der Waals surface area contributed by atoms with E-state index in [1.165, 1.54) is 24.3 Å². The number of hydrogen-bond acceptors (Lipinski definition) is 5. The van der Waals surface area contributed by atoms with Gasteiger partial charge in [-0.2, -0.15) is 0 Å². The number of nitro benzene ring substituents is 1. The molecule has 0 bridgehead atoms. The van der Waals surface area contributed by atoms with E-state index in [0.717, 1.165) is 31.5 Å². The van der Waals surface area contributed by atoms with E-state index < -0.39 is 4.92 Å². The van der Waals surface area contributed by atoms with Crippen molar-refractivity contribution in [2.45, 2.75) is 18.9 Å². The zero-order valence-corrected chi connectivity index (χ0v) is 16.6. The van der Waals surface area contributed by atoms with Crippen molar-refractivity contribution in [3.05, 3.63) is 69.5 Å². The zero-order chi connectivity index (χ0) is 21.0. The topological polar surface area (TPSA) is 78.7 Å². The van der Waals surface area contributed by atoms with E-state index in [0.29, 0.717) is 5.69 Å². The molecule has 1 aliphatic heterocycles. The summed E-state index contributed by atoms with van der Waals surface area (Å²) in [6.07, 6.45) is 2.06. The fourth-order valence-corrected chi connectivity index (χ4v) is 3.65. The Balaban J connectivity index is 1.83. The van der Waals surface area contributed by atoms with Crippen LogP contribution in [-0.4, -0.2) is 49.5 Å². The molecule has 0 radical (unpaired) electrons. The van der Waals surface area contributed by atoms with Crippen molar-refractivity contribution in [2.24, 2.45) is 0 Å². The SMILES string of the molecule is CN(C)C(CNC(=O)c1cc([N+](=O)[O-])ccc1N1CCCC1)c1cccc(F)c1. The van der Waals surface area contributed by atoms with Crippen molar-refractivity contribution >= 4 is 17.3 Å². The number of rotatable bonds is 7. The molecule has 154 valence electrons. The lowest BCUT2D eigenvalue weighted by molar-refractivity contribution is -0.384. The number of anilines is 1. The number of carbonyl (C=O) groups excluding carboxylic acids is 1. The second-order valence-corrected chi connectivity index (χ2v) is 7.40. The molecule has 7 nitrogen and oxygen atoms in total. The number of nitro groups is 1. The molecule has 1 aliphatic rings. The number of amides is 1. The first-order chi connectivity index (χ1) is 13.9. The molecule has 29 heavy (non-hydrogen) atoms. The molecule has 8 heteroatoms. The Labute approximate surface area is 169 Å². The van der Waals surface area contributed by atoms with Crippen LogP contribution in [0.3, 0.4) is 0 Å². The second-order valence-electron chi connectivity index (χ2n) is 7.40. The maximum atomic E-state index is 13.6. The van der Waals surface area contributed by atoms with Gasteiger partial charge in [-0.05, 0) is 50.7 Å². The minimum absolute atomic E-state index is 0.118. The number of carbonyl (C=O) groups is 1. The molecular weight excluding hydrogens is 375 g/mol. The minimum Gasteiger partial charge on any atom is -0.371 e. The molecule has 2 aromatic carbocycles. The fraction of sp³-hybridized carbons (Fsp3) is 0.381. The van der Waals surface area contributed by atoms with Gasteiger partial charge in [-0.15, -0.1) is 0 Å². The molecule has 1 atom stereocenters. The first-order valence-electron chi connectivity index (χ1n) is 9.60. The minimum atomic E-state index is -0.500. The van der Waals surface area contributed by atoms with Crippen LogP contribution in [-0.2, 0) is 0 Å². The number of hydrogen-bond donors (Lipinski definition) is 1. The summed E-state index contributed by atoms with van der Waals surface area (Å²) in [6, 6.07) is 10.4. The third-order valence-corrected chi connectivity index (χ3v) is 5.20. The van der Waals surface area contributed by atoms with E-state index in [1.807, 2.05) is 25.1 Å². The normalized spacial score (nSPS) is 14.8. The Morgan fingerprint density at radius 1 is 1.24 bits per heavy atom. The van der Waals surface area contributed by atoms with Crippen LogP contribution in [0.2, 0.25) is 0 Å². The molecule has 1 N–H and O–H groups in total. The highest BCUT2D eigenvalue weighted by Crippen LogP contribution is 2.28. The van der Waals surface area contributed by atoms with E-state index in [2.05, 4.69) is 10.2 Å². The van der Waals surface area contributed by atoms with Crippen molar-refractivity contribution in [3.8, 4) is 0 Å². The van der Waals surface area contributed by atoms with Gasteiger partial charge in [-0.25, -0.2) is 4.39 Å². The molecule has 1 unspecified atom stereocenters. The van der Waals surface area contributed by atoms with Crippen LogP contribution in [0.1, 0.15) is 34.8 Å². The van der Waals surface area contributed by atoms with Gasteiger partial charge in [0, 0.05) is 31.8 Å². The third-order valence-electron chi connectivity index (χ3n) is 5.20. The standard InChI is InChI=1S/C21H25FN4O3/c1-24(2)20(15-6-5-7-16(22)12-15)14-23-21(27)18-13-17(26(28)29)8-9-19(18)25-10-3-4-11-25/h5-9,12-13,20H,3-4,10-11,14H2,1-2H3,(H,23,27). The summed E-state index contributed by atoms with van der Waals surface area (Å²) in [5.41, 5.74) is 1.62. The summed E-state index contributed by atoms with van der Waals surface area (Å²) >= 11 is 0. The van der Waals surface area contributed by atoms with Gasteiger partial charge in [0.05, 0.1) is 22.2 Å². The molecule has 1 saturated heterocycles. The summed E-state index contributed by atoms with van der Waals surface area (Å²) in [7, 11) is 3.70. The predicted octanol–water partition coefficient (Wildman–Crippen LogP) is 3.37. The van der Waals surface area contributed by atoms with Gasteiger partial charge in [-0.3, -0.25) is 14.9 Å². The number of likely N-dealkylation sites (N-methyl/N-ethyl adjacent to an activating group) is 1. The quantitative estimate of drug-likeness (QED) is 0.570. The summed E-state index contributed by atoms with van der Waals surface area (Å²) in [6.45, 7) is 1.89. The van der Waals surface area contributed by atoms with Crippen LogP contribution < -0.4 is 10.2 Å². The van der Waals surface area contributed by atoms with Gasteiger partial charge in [0.2, 0.25) is 0 Å². The van der Waals surface area contributed by atoms with Crippen LogP contribution in [0.25, 0.3) is 0 Å². The van der Waals surface area contributed by atoms with Gasteiger partial charge in [-0.1, -0.05) is 12.1 Å². The largest absolute Gasteiger partial charge is 0.371 e. The van der Waals surface area contributed by atoms with E-state index in [4.69, 9.17) is 0 Å². The summed E-state index contributed by atoms with van der Waals surface area (Å²) in [5.74, 6) is -0.713. The Hall–Kier alpha value is -3.00.